The third kappa shape index (κ3) is 2.82. The minimum atomic E-state index is -4.43. The van der Waals surface area contributed by atoms with E-state index in [1.807, 2.05) is 0 Å². The highest BCUT2D eigenvalue weighted by Crippen LogP contribution is 2.41. The molecular weight excluding hydrogens is 317 g/mol. The molecule has 5 heteroatoms. The van der Waals surface area contributed by atoms with Crippen LogP contribution in [-0.4, -0.2) is 12.6 Å². The van der Waals surface area contributed by atoms with Gasteiger partial charge in [-0.15, -0.1) is 0 Å². The molecule has 0 radical (unpaired) electrons. The van der Waals surface area contributed by atoms with E-state index in [0.29, 0.717) is 28.7 Å². The fourth-order valence-electron chi connectivity index (χ4n) is 2.99. The van der Waals surface area contributed by atoms with Crippen molar-refractivity contribution in [3.05, 3.63) is 76.4 Å². The highest BCUT2D eigenvalue weighted by Gasteiger charge is 2.35. The van der Waals surface area contributed by atoms with Crippen molar-refractivity contribution < 1.29 is 22.7 Å². The van der Waals surface area contributed by atoms with Crippen LogP contribution in [0.1, 0.15) is 39.5 Å². The SMILES string of the molecule is CCOC(=O)c1cccc2c1CC=C2c1ccccc1C(F)(F)F. The Kier molecular flexibility index (Phi) is 4.18. The molecule has 0 saturated carbocycles. The van der Waals surface area contributed by atoms with Crippen LogP contribution in [-0.2, 0) is 17.3 Å². The lowest BCUT2D eigenvalue weighted by Gasteiger charge is -2.15. The minimum Gasteiger partial charge on any atom is -0.462 e. The number of benzene rings is 2. The van der Waals surface area contributed by atoms with Gasteiger partial charge in [0.25, 0.3) is 0 Å². The Balaban J connectivity index is 2.09. The molecule has 3 rings (SSSR count). The maximum Gasteiger partial charge on any atom is 0.417 e. The maximum atomic E-state index is 13.3. The van der Waals surface area contributed by atoms with Crippen LogP contribution in [0.25, 0.3) is 5.57 Å². The van der Waals surface area contributed by atoms with E-state index >= 15 is 0 Å². The van der Waals surface area contributed by atoms with Crippen molar-refractivity contribution in [3.63, 3.8) is 0 Å². The van der Waals surface area contributed by atoms with Gasteiger partial charge in [0.1, 0.15) is 0 Å². The molecule has 0 spiro atoms. The Labute approximate surface area is 137 Å². The summed E-state index contributed by atoms with van der Waals surface area (Å²) in [6.45, 7) is 1.96. The molecule has 0 bridgehead atoms. The first kappa shape index (κ1) is 16.3. The fourth-order valence-corrected chi connectivity index (χ4v) is 2.99. The number of hydrogen-bond acceptors (Lipinski definition) is 2. The summed E-state index contributed by atoms with van der Waals surface area (Å²) in [4.78, 5) is 12.0. The summed E-state index contributed by atoms with van der Waals surface area (Å²) in [5.41, 5.74) is 1.73. The van der Waals surface area contributed by atoms with Gasteiger partial charge in [-0.2, -0.15) is 13.2 Å². The first-order valence-corrected chi connectivity index (χ1v) is 7.59. The molecule has 0 heterocycles. The first-order chi connectivity index (χ1) is 11.4. The van der Waals surface area contributed by atoms with E-state index in [2.05, 4.69) is 0 Å². The van der Waals surface area contributed by atoms with Gasteiger partial charge in [0.15, 0.2) is 0 Å². The average molecular weight is 332 g/mol. The van der Waals surface area contributed by atoms with Gasteiger partial charge in [0, 0.05) is 0 Å². The molecule has 24 heavy (non-hydrogen) atoms. The van der Waals surface area contributed by atoms with Gasteiger partial charge in [-0.1, -0.05) is 36.4 Å². The van der Waals surface area contributed by atoms with Gasteiger partial charge < -0.3 is 4.74 Å². The highest BCUT2D eigenvalue weighted by molar-refractivity contribution is 5.96. The van der Waals surface area contributed by atoms with Crippen molar-refractivity contribution in [2.24, 2.45) is 0 Å². The summed E-state index contributed by atoms with van der Waals surface area (Å²) in [6.07, 6.45) is -2.29. The average Bonchev–Trinajstić information content (AvgIpc) is 2.98. The number of fused-ring (bicyclic) bond motifs is 1. The van der Waals surface area contributed by atoms with Gasteiger partial charge in [-0.05, 0) is 47.7 Å². The van der Waals surface area contributed by atoms with Crippen LogP contribution < -0.4 is 0 Å². The molecule has 0 unspecified atom stereocenters. The van der Waals surface area contributed by atoms with Gasteiger partial charge in [0.2, 0.25) is 0 Å². The second-order valence-corrected chi connectivity index (χ2v) is 5.42. The largest absolute Gasteiger partial charge is 0.462 e. The van der Waals surface area contributed by atoms with Gasteiger partial charge >= 0.3 is 12.1 Å². The summed E-state index contributed by atoms with van der Waals surface area (Å²) in [5.74, 6) is -0.451. The van der Waals surface area contributed by atoms with Gasteiger partial charge in [-0.25, -0.2) is 4.79 Å². The van der Waals surface area contributed by atoms with Crippen LogP contribution in [0.15, 0.2) is 48.5 Å². The molecule has 0 aliphatic heterocycles. The minimum absolute atomic E-state index is 0.129. The molecule has 0 amide bonds. The van der Waals surface area contributed by atoms with Crippen LogP contribution in [0.3, 0.4) is 0 Å². The third-order valence-corrected chi connectivity index (χ3v) is 3.99. The molecule has 0 fully saturated rings. The van der Waals surface area contributed by atoms with Gasteiger partial charge in [-0.3, -0.25) is 0 Å². The Bertz CT molecular complexity index is 820. The number of allylic oxidation sites excluding steroid dienone is 1. The molecule has 2 nitrogen and oxygen atoms in total. The summed E-state index contributed by atoms with van der Waals surface area (Å²) < 4.78 is 44.9. The molecular formula is C19H15F3O2. The zero-order chi connectivity index (χ0) is 17.3. The zero-order valence-electron chi connectivity index (χ0n) is 13.0. The topological polar surface area (TPSA) is 26.3 Å². The first-order valence-electron chi connectivity index (χ1n) is 7.59. The number of hydrogen-bond donors (Lipinski definition) is 0. The second kappa shape index (κ2) is 6.15. The third-order valence-electron chi connectivity index (χ3n) is 3.99. The number of carbonyl (C=O) groups excluding carboxylic acids is 1. The Morgan fingerprint density at radius 1 is 1.08 bits per heavy atom. The maximum absolute atomic E-state index is 13.3. The normalized spacial score (nSPS) is 13.4. The number of halogens is 3. The molecule has 2 aromatic rings. The quantitative estimate of drug-likeness (QED) is 0.750. The van der Waals surface area contributed by atoms with E-state index in [-0.39, 0.29) is 12.2 Å². The summed E-state index contributed by atoms with van der Waals surface area (Å²) in [5, 5.41) is 0. The zero-order valence-corrected chi connectivity index (χ0v) is 13.0. The summed E-state index contributed by atoms with van der Waals surface area (Å²) in [7, 11) is 0. The number of carbonyl (C=O) groups is 1. The predicted octanol–water partition coefficient (Wildman–Crippen LogP) is 4.87. The lowest BCUT2D eigenvalue weighted by molar-refractivity contribution is -0.137. The smallest absolute Gasteiger partial charge is 0.417 e. The van der Waals surface area contributed by atoms with Crippen molar-refractivity contribution in [1.29, 1.82) is 0 Å². The van der Waals surface area contributed by atoms with E-state index in [4.69, 9.17) is 4.74 Å². The van der Waals surface area contributed by atoms with Gasteiger partial charge in [0.05, 0.1) is 17.7 Å². The number of ether oxygens (including phenoxy) is 1. The van der Waals surface area contributed by atoms with E-state index in [1.54, 1.807) is 37.3 Å². The Morgan fingerprint density at radius 3 is 2.50 bits per heavy atom. The van der Waals surface area contributed by atoms with Crippen LogP contribution in [0.4, 0.5) is 13.2 Å². The number of rotatable bonds is 3. The lowest BCUT2D eigenvalue weighted by Crippen LogP contribution is -2.10. The Morgan fingerprint density at radius 2 is 1.79 bits per heavy atom. The van der Waals surface area contributed by atoms with E-state index < -0.39 is 17.7 Å². The summed E-state index contributed by atoms with van der Waals surface area (Å²) in [6, 6.07) is 10.5. The molecule has 0 aromatic heterocycles. The van der Waals surface area contributed by atoms with Crippen molar-refractivity contribution in [1.82, 2.24) is 0 Å². The van der Waals surface area contributed by atoms with Crippen molar-refractivity contribution in [3.8, 4) is 0 Å². The molecule has 124 valence electrons. The number of esters is 1. The summed E-state index contributed by atoms with van der Waals surface area (Å²) >= 11 is 0. The Hall–Kier alpha value is -2.56. The molecule has 0 atom stereocenters. The van der Waals surface area contributed by atoms with Crippen LogP contribution in [0, 0.1) is 0 Å². The fraction of sp³-hybridized carbons (Fsp3) is 0.211. The van der Waals surface area contributed by atoms with Crippen LogP contribution in [0.5, 0.6) is 0 Å². The van der Waals surface area contributed by atoms with Crippen molar-refractivity contribution in [2.75, 3.05) is 6.61 Å². The molecule has 1 aliphatic carbocycles. The number of alkyl halides is 3. The second-order valence-electron chi connectivity index (χ2n) is 5.42. The standard InChI is InChI=1S/C19H15F3O2/c1-2-24-18(23)16-8-5-7-12-13(10-11-14(12)16)15-6-3-4-9-17(15)19(20,21)22/h3-10H,2,11H2,1H3. The lowest BCUT2D eigenvalue weighted by atomic mass is 9.93. The molecule has 0 N–H and O–H groups in total. The van der Waals surface area contributed by atoms with Crippen molar-refractivity contribution >= 4 is 11.5 Å². The monoisotopic (exact) mass is 332 g/mol. The predicted molar refractivity (Wildman–Crippen MR) is 84.6 cm³/mol. The van der Waals surface area contributed by atoms with Crippen molar-refractivity contribution in [2.45, 2.75) is 19.5 Å². The van der Waals surface area contributed by atoms with E-state index in [9.17, 15) is 18.0 Å². The van der Waals surface area contributed by atoms with Crippen LogP contribution >= 0.6 is 0 Å². The highest BCUT2D eigenvalue weighted by atomic mass is 19.4. The van der Waals surface area contributed by atoms with E-state index in [1.165, 1.54) is 12.1 Å². The van der Waals surface area contributed by atoms with E-state index in [0.717, 1.165) is 6.07 Å². The van der Waals surface area contributed by atoms with Crippen LogP contribution in [0.2, 0.25) is 0 Å². The molecule has 1 aliphatic rings. The molecule has 2 aromatic carbocycles. The molecule has 0 saturated heterocycles.